The van der Waals surface area contributed by atoms with Crippen molar-refractivity contribution >= 4 is 0 Å². The molecule has 1 nitrogen and oxygen atoms in total. The van der Waals surface area contributed by atoms with Crippen LogP contribution in [0.25, 0.3) is 0 Å². The highest BCUT2D eigenvalue weighted by molar-refractivity contribution is 5.28. The van der Waals surface area contributed by atoms with Gasteiger partial charge in [0.15, 0.2) is 0 Å². The second-order valence-electron chi connectivity index (χ2n) is 10.5. The molecule has 4 heteroatoms. The van der Waals surface area contributed by atoms with E-state index in [-0.39, 0.29) is 24.5 Å². The van der Waals surface area contributed by atoms with Gasteiger partial charge in [-0.1, -0.05) is 37.5 Å². The summed E-state index contributed by atoms with van der Waals surface area (Å²) in [6.07, 6.45) is 7.54. The molecule has 0 saturated heterocycles. The monoisotopic (exact) mass is 434 g/mol. The first-order valence-corrected chi connectivity index (χ1v) is 12.3. The first-order chi connectivity index (χ1) is 14.8. The number of hydrogen-bond acceptors (Lipinski definition) is 1. The fraction of sp³-hybridized carbons (Fsp3) is 0.704. The maximum Gasteiger partial charge on any atom is 0.425 e. The van der Waals surface area contributed by atoms with Gasteiger partial charge in [0.25, 0.3) is 0 Å². The normalized spacial score (nSPS) is 32.7. The van der Waals surface area contributed by atoms with Crippen molar-refractivity contribution in [2.45, 2.75) is 90.6 Å². The molecule has 1 aromatic rings. The highest BCUT2D eigenvalue weighted by atomic mass is 19.3. The van der Waals surface area contributed by atoms with E-state index < -0.39 is 17.5 Å². The Morgan fingerprint density at radius 1 is 0.774 bits per heavy atom. The molecule has 0 N–H and O–H groups in total. The molecular formula is C27H37F3O. The molecule has 0 heterocycles. The van der Waals surface area contributed by atoms with Gasteiger partial charge in [-0.05, 0) is 100 Å². The minimum Gasteiger partial charge on any atom is -0.429 e. The second-order valence-corrected chi connectivity index (χ2v) is 10.5. The van der Waals surface area contributed by atoms with Crippen molar-refractivity contribution in [3.8, 4) is 5.75 Å². The van der Waals surface area contributed by atoms with Gasteiger partial charge in [0.05, 0.1) is 5.57 Å². The number of halogens is 3. The van der Waals surface area contributed by atoms with Crippen molar-refractivity contribution < 1.29 is 17.9 Å². The smallest absolute Gasteiger partial charge is 0.425 e. The number of alkyl halides is 2. The summed E-state index contributed by atoms with van der Waals surface area (Å²) in [5.41, 5.74) is 0.517. The summed E-state index contributed by atoms with van der Waals surface area (Å²) in [7, 11) is 0. The van der Waals surface area contributed by atoms with Crippen LogP contribution in [-0.4, -0.2) is 6.11 Å². The lowest BCUT2D eigenvalue weighted by Gasteiger charge is -2.40. The maximum atomic E-state index is 14.8. The summed E-state index contributed by atoms with van der Waals surface area (Å²) in [4.78, 5) is 0. The Hall–Kier alpha value is -1.45. The average molecular weight is 435 g/mol. The minimum atomic E-state index is -3.58. The summed E-state index contributed by atoms with van der Waals surface area (Å²) >= 11 is 0. The quantitative estimate of drug-likeness (QED) is 0.451. The maximum absolute atomic E-state index is 14.8. The number of ether oxygens (including phenoxy) is 1. The van der Waals surface area contributed by atoms with Crippen LogP contribution in [-0.2, 0) is 0 Å². The van der Waals surface area contributed by atoms with Crippen LogP contribution in [0, 0.1) is 36.5 Å². The summed E-state index contributed by atoms with van der Waals surface area (Å²) in [6.45, 7) is 4.25. The third-order valence-electron chi connectivity index (χ3n) is 8.36. The van der Waals surface area contributed by atoms with E-state index in [1.165, 1.54) is 50.7 Å². The van der Waals surface area contributed by atoms with Crippen LogP contribution >= 0.6 is 0 Å². The van der Waals surface area contributed by atoms with Gasteiger partial charge < -0.3 is 4.74 Å². The van der Waals surface area contributed by atoms with Crippen LogP contribution < -0.4 is 4.74 Å². The molecule has 172 valence electrons. The second kappa shape index (κ2) is 9.58. The Morgan fingerprint density at radius 2 is 1.29 bits per heavy atom. The first-order valence-electron chi connectivity index (χ1n) is 12.3. The van der Waals surface area contributed by atoms with Gasteiger partial charge in [-0.3, -0.25) is 0 Å². The van der Waals surface area contributed by atoms with Crippen molar-refractivity contribution in [3.05, 3.63) is 41.2 Å². The van der Waals surface area contributed by atoms with E-state index in [0.29, 0.717) is 12.3 Å². The number of benzene rings is 1. The highest BCUT2D eigenvalue weighted by Gasteiger charge is 2.43. The number of rotatable bonds is 5. The Bertz CT molecular complexity index is 753. The minimum absolute atomic E-state index is 0.0773. The van der Waals surface area contributed by atoms with Gasteiger partial charge in [0.1, 0.15) is 11.6 Å². The number of aryl methyl sites for hydroxylation is 1. The van der Waals surface area contributed by atoms with Crippen LogP contribution in [0.1, 0.15) is 83.1 Å². The average Bonchev–Trinajstić information content (AvgIpc) is 2.76. The van der Waals surface area contributed by atoms with Crippen molar-refractivity contribution in [2.24, 2.45) is 29.6 Å². The molecule has 0 aliphatic heterocycles. The molecule has 0 spiro atoms. The van der Waals surface area contributed by atoms with E-state index >= 15 is 0 Å². The Kier molecular flexibility index (Phi) is 7.03. The van der Waals surface area contributed by atoms with Gasteiger partial charge >= 0.3 is 6.11 Å². The zero-order valence-electron chi connectivity index (χ0n) is 19.0. The Labute approximate surface area is 185 Å². The van der Waals surface area contributed by atoms with Crippen molar-refractivity contribution in [2.75, 3.05) is 0 Å². The van der Waals surface area contributed by atoms with Gasteiger partial charge in [-0.15, -0.1) is 0 Å². The summed E-state index contributed by atoms with van der Waals surface area (Å²) in [5, 5.41) is 0. The molecule has 2 saturated carbocycles. The van der Waals surface area contributed by atoms with Crippen LogP contribution in [0.3, 0.4) is 0 Å². The van der Waals surface area contributed by atoms with E-state index in [9.17, 15) is 13.2 Å². The summed E-state index contributed by atoms with van der Waals surface area (Å²) in [5.74, 6) is 2.71. The topological polar surface area (TPSA) is 9.23 Å². The van der Waals surface area contributed by atoms with Crippen LogP contribution in [0.5, 0.6) is 5.75 Å². The van der Waals surface area contributed by atoms with E-state index in [1.807, 2.05) is 6.92 Å². The molecule has 0 aromatic heterocycles. The SMILES string of the molecule is Cc1ccc(OC(F)(F)C2=C(F)CC(C3CCC(C4CCC(C)CC4)CC3)CC2)cc1. The van der Waals surface area contributed by atoms with Gasteiger partial charge in [-0.25, -0.2) is 4.39 Å². The predicted molar refractivity (Wildman–Crippen MR) is 119 cm³/mol. The fourth-order valence-electron chi connectivity index (χ4n) is 6.29. The molecule has 0 amide bonds. The zero-order chi connectivity index (χ0) is 22.0. The standard InChI is InChI=1S/C27H37F3O/c1-18-3-7-20(8-4-18)21-9-11-22(12-10-21)23-13-16-25(26(28)17-23)27(29,30)31-24-14-5-19(2)6-15-24/h5-6,14-15,18,20-23H,3-4,7-13,16-17H2,1-2H3. The molecular weight excluding hydrogens is 397 g/mol. The van der Waals surface area contributed by atoms with E-state index in [4.69, 9.17) is 4.74 Å². The summed E-state index contributed by atoms with van der Waals surface area (Å²) < 4.78 is 49.1. The Morgan fingerprint density at radius 3 is 1.84 bits per heavy atom. The van der Waals surface area contributed by atoms with Crippen LogP contribution in [0.2, 0.25) is 0 Å². The van der Waals surface area contributed by atoms with E-state index in [0.717, 1.165) is 36.2 Å². The number of allylic oxidation sites excluding steroid dienone is 1. The van der Waals surface area contributed by atoms with Gasteiger partial charge in [0, 0.05) is 6.42 Å². The predicted octanol–water partition coefficient (Wildman–Crippen LogP) is 8.62. The molecule has 1 unspecified atom stereocenters. The van der Waals surface area contributed by atoms with Crippen molar-refractivity contribution in [1.82, 2.24) is 0 Å². The fourth-order valence-corrected chi connectivity index (χ4v) is 6.29. The first kappa shape index (κ1) is 22.7. The van der Waals surface area contributed by atoms with E-state index in [2.05, 4.69) is 6.92 Å². The molecule has 3 aliphatic carbocycles. The lowest BCUT2D eigenvalue weighted by molar-refractivity contribution is -0.147. The summed E-state index contributed by atoms with van der Waals surface area (Å²) in [6, 6.07) is 6.46. The van der Waals surface area contributed by atoms with Crippen LogP contribution in [0.4, 0.5) is 13.2 Å². The van der Waals surface area contributed by atoms with E-state index in [1.54, 1.807) is 12.1 Å². The highest BCUT2D eigenvalue weighted by Crippen LogP contribution is 2.48. The van der Waals surface area contributed by atoms with Crippen LogP contribution in [0.15, 0.2) is 35.7 Å². The Balaban J connectivity index is 1.31. The largest absolute Gasteiger partial charge is 0.429 e. The molecule has 1 aromatic carbocycles. The molecule has 0 radical (unpaired) electrons. The molecule has 31 heavy (non-hydrogen) atoms. The lowest BCUT2D eigenvalue weighted by Crippen LogP contribution is -2.33. The van der Waals surface area contributed by atoms with Gasteiger partial charge in [0.2, 0.25) is 0 Å². The lowest BCUT2D eigenvalue weighted by atomic mass is 9.66. The molecule has 1 atom stereocenters. The zero-order valence-corrected chi connectivity index (χ0v) is 19.0. The number of hydrogen-bond donors (Lipinski definition) is 0. The van der Waals surface area contributed by atoms with Crippen molar-refractivity contribution in [1.29, 1.82) is 0 Å². The molecule has 3 aliphatic rings. The third-order valence-corrected chi connectivity index (χ3v) is 8.36. The molecule has 2 fully saturated rings. The molecule has 0 bridgehead atoms. The third kappa shape index (κ3) is 5.49. The van der Waals surface area contributed by atoms with Gasteiger partial charge in [-0.2, -0.15) is 8.78 Å². The molecule has 4 rings (SSSR count). The van der Waals surface area contributed by atoms with Crippen molar-refractivity contribution in [3.63, 3.8) is 0 Å².